The molecule has 3 nitrogen and oxygen atoms in total. The number of Topliss-reactive ketones (excluding diaryl/α,β-unsaturated/α-hetero) is 1. The van der Waals surface area contributed by atoms with Crippen LogP contribution < -0.4 is 5.73 Å². The van der Waals surface area contributed by atoms with Gasteiger partial charge in [-0.3, -0.25) is 10.2 Å². The van der Waals surface area contributed by atoms with Gasteiger partial charge in [-0.15, -0.1) is 0 Å². The summed E-state index contributed by atoms with van der Waals surface area (Å²) in [5.74, 6) is -0.250. The molecule has 8 heavy (non-hydrogen) atoms. The maximum atomic E-state index is 10.3. The average Bonchev–Trinajstić information content (AvgIpc) is 1.64. The Hall–Kier alpha value is -0.700. The number of nitrogens with one attached hydrogen (secondary N) is 1. The van der Waals surface area contributed by atoms with Gasteiger partial charge in [0.15, 0.2) is 5.78 Å². The van der Waals surface area contributed by atoms with Gasteiger partial charge in [0, 0.05) is 13.0 Å². The first-order valence-corrected chi connectivity index (χ1v) is 2.40. The Labute approximate surface area is 48.4 Å². The van der Waals surface area contributed by atoms with Crippen molar-refractivity contribution in [3.05, 3.63) is 0 Å². The van der Waals surface area contributed by atoms with Gasteiger partial charge in [0.05, 0.1) is 5.71 Å². The van der Waals surface area contributed by atoms with E-state index in [0.29, 0.717) is 0 Å². The normalized spacial score (nSPS) is 12.9. The molecule has 3 N–H and O–H groups in total. The summed E-state index contributed by atoms with van der Waals surface area (Å²) in [6, 6.07) is -0.424. The third-order valence-electron chi connectivity index (χ3n) is 0.835. The van der Waals surface area contributed by atoms with E-state index in [4.69, 9.17) is 11.1 Å². The van der Waals surface area contributed by atoms with Crippen LogP contribution in [-0.2, 0) is 4.79 Å². The molecule has 0 heterocycles. The van der Waals surface area contributed by atoms with Crippen LogP contribution in [0.2, 0.25) is 0 Å². The zero-order chi connectivity index (χ0) is 6.73. The summed E-state index contributed by atoms with van der Waals surface area (Å²) in [5.41, 5.74) is 5.18. The molecule has 0 aromatic heterocycles. The summed E-state index contributed by atoms with van der Waals surface area (Å²) < 4.78 is 0. The van der Waals surface area contributed by atoms with Crippen LogP contribution >= 0.6 is 0 Å². The number of hydrogen-bond acceptors (Lipinski definition) is 3. The predicted molar refractivity (Wildman–Crippen MR) is 32.1 cm³/mol. The van der Waals surface area contributed by atoms with Crippen molar-refractivity contribution in [1.82, 2.24) is 0 Å². The Balaban J connectivity index is 3.84. The molecule has 0 saturated carbocycles. The standard InChI is InChI=1S/C5H10N2O/c1-3(6)5(7)4(2)8/h3,7H,6H2,1-2H3. The first kappa shape index (κ1) is 7.30. The molecule has 0 spiro atoms. The molecule has 3 heteroatoms. The zero-order valence-corrected chi connectivity index (χ0v) is 5.06. The highest BCUT2D eigenvalue weighted by Crippen LogP contribution is 1.80. The number of rotatable bonds is 2. The summed E-state index contributed by atoms with van der Waals surface area (Å²) >= 11 is 0. The molecule has 0 aromatic carbocycles. The fourth-order valence-corrected chi connectivity index (χ4v) is 0.321. The van der Waals surface area contributed by atoms with Crippen LogP contribution in [0.4, 0.5) is 0 Å². The smallest absolute Gasteiger partial charge is 0.174 e. The van der Waals surface area contributed by atoms with Gasteiger partial charge in [-0.25, -0.2) is 0 Å². The van der Waals surface area contributed by atoms with E-state index < -0.39 is 6.04 Å². The lowest BCUT2D eigenvalue weighted by atomic mass is 10.1. The number of carbonyl (C=O) groups is 1. The van der Waals surface area contributed by atoms with E-state index in [-0.39, 0.29) is 11.5 Å². The second kappa shape index (κ2) is 2.57. The minimum Gasteiger partial charge on any atom is -0.323 e. The van der Waals surface area contributed by atoms with E-state index in [0.717, 1.165) is 0 Å². The van der Waals surface area contributed by atoms with Crippen molar-refractivity contribution in [2.24, 2.45) is 5.73 Å². The van der Waals surface area contributed by atoms with E-state index in [1.54, 1.807) is 6.92 Å². The molecular weight excluding hydrogens is 104 g/mol. The van der Waals surface area contributed by atoms with Crippen molar-refractivity contribution in [1.29, 1.82) is 5.41 Å². The van der Waals surface area contributed by atoms with Gasteiger partial charge in [0.1, 0.15) is 0 Å². The monoisotopic (exact) mass is 114 g/mol. The molecule has 0 bridgehead atoms. The molecule has 0 amide bonds. The van der Waals surface area contributed by atoms with Crippen LogP contribution in [0.1, 0.15) is 13.8 Å². The topological polar surface area (TPSA) is 66.9 Å². The highest BCUT2D eigenvalue weighted by atomic mass is 16.1. The lowest BCUT2D eigenvalue weighted by Gasteiger charge is -2.00. The molecule has 0 aliphatic carbocycles. The lowest BCUT2D eigenvalue weighted by Crippen LogP contribution is -2.30. The number of ketones is 1. The molecule has 0 saturated heterocycles. The Bertz CT molecular complexity index is 118. The molecule has 0 rings (SSSR count). The van der Waals surface area contributed by atoms with Crippen LogP contribution in [0.5, 0.6) is 0 Å². The van der Waals surface area contributed by atoms with Gasteiger partial charge in [-0.2, -0.15) is 0 Å². The molecule has 1 unspecified atom stereocenters. The van der Waals surface area contributed by atoms with E-state index in [1.807, 2.05) is 0 Å². The van der Waals surface area contributed by atoms with Crippen molar-refractivity contribution in [2.75, 3.05) is 0 Å². The third kappa shape index (κ3) is 1.84. The Morgan fingerprint density at radius 3 is 2.12 bits per heavy atom. The number of carbonyl (C=O) groups excluding carboxylic acids is 1. The van der Waals surface area contributed by atoms with Crippen molar-refractivity contribution in [3.63, 3.8) is 0 Å². The quantitative estimate of drug-likeness (QED) is 0.494. The van der Waals surface area contributed by atoms with Crippen LogP contribution in [-0.4, -0.2) is 17.5 Å². The first-order valence-electron chi connectivity index (χ1n) is 2.40. The van der Waals surface area contributed by atoms with Crippen molar-refractivity contribution in [2.45, 2.75) is 19.9 Å². The van der Waals surface area contributed by atoms with E-state index in [9.17, 15) is 4.79 Å². The van der Waals surface area contributed by atoms with Crippen LogP contribution in [0.15, 0.2) is 0 Å². The number of hydrogen-bond donors (Lipinski definition) is 2. The summed E-state index contributed by atoms with van der Waals surface area (Å²) in [5, 5.41) is 6.92. The molecular formula is C5H10N2O. The van der Waals surface area contributed by atoms with Crippen molar-refractivity contribution >= 4 is 11.5 Å². The Kier molecular flexibility index (Phi) is 2.34. The maximum Gasteiger partial charge on any atom is 0.174 e. The van der Waals surface area contributed by atoms with Gasteiger partial charge in [-0.1, -0.05) is 0 Å². The molecule has 0 fully saturated rings. The minimum absolute atomic E-state index is 0.00926. The highest BCUT2D eigenvalue weighted by molar-refractivity contribution is 6.39. The van der Waals surface area contributed by atoms with Gasteiger partial charge in [0.25, 0.3) is 0 Å². The summed E-state index contributed by atoms with van der Waals surface area (Å²) in [6.07, 6.45) is 0. The van der Waals surface area contributed by atoms with Crippen molar-refractivity contribution in [3.8, 4) is 0 Å². The highest BCUT2D eigenvalue weighted by Gasteiger charge is 2.06. The van der Waals surface area contributed by atoms with Gasteiger partial charge < -0.3 is 5.73 Å². The van der Waals surface area contributed by atoms with Gasteiger partial charge >= 0.3 is 0 Å². The van der Waals surface area contributed by atoms with E-state index in [2.05, 4.69) is 0 Å². The van der Waals surface area contributed by atoms with Crippen LogP contribution in [0, 0.1) is 5.41 Å². The maximum absolute atomic E-state index is 10.3. The average molecular weight is 114 g/mol. The molecule has 0 aliphatic heterocycles. The van der Waals surface area contributed by atoms with Crippen LogP contribution in [0.25, 0.3) is 0 Å². The minimum atomic E-state index is -0.424. The fraction of sp³-hybridized carbons (Fsp3) is 0.600. The first-order chi connectivity index (χ1) is 3.55. The second-order valence-electron chi connectivity index (χ2n) is 1.76. The lowest BCUT2D eigenvalue weighted by molar-refractivity contribution is -0.111. The second-order valence-corrected chi connectivity index (χ2v) is 1.76. The van der Waals surface area contributed by atoms with E-state index >= 15 is 0 Å². The van der Waals surface area contributed by atoms with Gasteiger partial charge in [-0.05, 0) is 6.92 Å². The van der Waals surface area contributed by atoms with Gasteiger partial charge in [0.2, 0.25) is 0 Å². The molecule has 1 atom stereocenters. The SMILES string of the molecule is CC(=O)C(=N)C(C)N. The molecule has 0 aliphatic rings. The zero-order valence-electron chi connectivity index (χ0n) is 5.06. The molecule has 0 aromatic rings. The summed E-state index contributed by atoms with van der Waals surface area (Å²) in [7, 11) is 0. The number of nitrogens with two attached hydrogens (primary N) is 1. The van der Waals surface area contributed by atoms with Crippen LogP contribution in [0.3, 0.4) is 0 Å². The van der Waals surface area contributed by atoms with Crippen molar-refractivity contribution < 1.29 is 4.79 Å². The Morgan fingerprint density at radius 1 is 1.75 bits per heavy atom. The summed E-state index contributed by atoms with van der Waals surface area (Å²) in [6.45, 7) is 2.95. The largest absolute Gasteiger partial charge is 0.323 e. The summed E-state index contributed by atoms with van der Waals surface area (Å²) in [4.78, 5) is 10.3. The fourth-order valence-electron chi connectivity index (χ4n) is 0.321. The molecule has 46 valence electrons. The predicted octanol–water partition coefficient (Wildman–Crippen LogP) is -0.0576. The molecule has 0 radical (unpaired) electrons. The Morgan fingerprint density at radius 2 is 2.12 bits per heavy atom. The van der Waals surface area contributed by atoms with E-state index in [1.165, 1.54) is 6.92 Å². The third-order valence-corrected chi connectivity index (χ3v) is 0.835.